The Labute approximate surface area is 119 Å². The average Bonchev–Trinajstić information content (AvgIpc) is 2.39. The summed E-state index contributed by atoms with van der Waals surface area (Å²) in [6.07, 6.45) is 6.63. The number of hydrogen-bond acceptors (Lipinski definition) is 4. The van der Waals surface area contributed by atoms with Gasteiger partial charge in [0, 0.05) is 11.4 Å². The van der Waals surface area contributed by atoms with Gasteiger partial charge in [-0.1, -0.05) is 20.8 Å². The average molecular weight is 275 g/mol. The van der Waals surface area contributed by atoms with Crippen molar-refractivity contribution in [2.24, 2.45) is 17.3 Å². The summed E-state index contributed by atoms with van der Waals surface area (Å²) in [6, 6.07) is 4.41. The largest absolute Gasteiger partial charge is 0.245 e. The molecule has 0 aliphatic heterocycles. The van der Waals surface area contributed by atoms with Gasteiger partial charge in [-0.25, -0.2) is 9.97 Å². The molecule has 19 heavy (non-hydrogen) atoms. The van der Waals surface area contributed by atoms with Crippen LogP contribution >= 0.6 is 11.8 Å². The first-order chi connectivity index (χ1) is 9.00. The molecule has 1 saturated carbocycles. The maximum absolute atomic E-state index is 9.33. The molecule has 0 spiro atoms. The maximum Gasteiger partial charge on any atom is 0.116 e. The van der Waals surface area contributed by atoms with E-state index in [1.165, 1.54) is 6.42 Å². The van der Waals surface area contributed by atoms with Gasteiger partial charge in [-0.05, 0) is 36.7 Å². The van der Waals surface area contributed by atoms with Crippen LogP contribution in [0.3, 0.4) is 0 Å². The molecule has 0 saturated heterocycles. The molecular weight excluding hydrogens is 254 g/mol. The van der Waals surface area contributed by atoms with Crippen molar-refractivity contribution < 1.29 is 0 Å². The van der Waals surface area contributed by atoms with Gasteiger partial charge in [0.25, 0.3) is 0 Å². The molecule has 3 nitrogen and oxygen atoms in total. The third-order valence-electron chi connectivity index (χ3n) is 4.01. The highest BCUT2D eigenvalue weighted by atomic mass is 32.2. The molecule has 3 unspecified atom stereocenters. The molecule has 0 N–H and O–H groups in total. The molecular formula is C15H21N3S. The summed E-state index contributed by atoms with van der Waals surface area (Å²) >= 11 is 1.74. The van der Waals surface area contributed by atoms with Crippen LogP contribution in [0.2, 0.25) is 0 Å². The van der Waals surface area contributed by atoms with Crippen molar-refractivity contribution in [2.45, 2.75) is 50.3 Å². The minimum absolute atomic E-state index is 0.151. The molecule has 102 valence electrons. The predicted octanol–water partition coefficient (Wildman–Crippen LogP) is 3.92. The van der Waals surface area contributed by atoms with Gasteiger partial charge in [0.15, 0.2) is 0 Å². The molecule has 0 radical (unpaired) electrons. The molecule has 1 aromatic heterocycles. The van der Waals surface area contributed by atoms with Crippen molar-refractivity contribution >= 4 is 11.8 Å². The fraction of sp³-hybridized carbons (Fsp3) is 0.667. The Hall–Kier alpha value is -1.08. The van der Waals surface area contributed by atoms with Crippen LogP contribution in [0.4, 0.5) is 0 Å². The number of thioether (sulfide) groups is 1. The number of rotatable bonds is 2. The fourth-order valence-electron chi connectivity index (χ4n) is 2.70. The number of aromatic nitrogens is 2. The zero-order valence-corrected chi connectivity index (χ0v) is 12.7. The Morgan fingerprint density at radius 3 is 2.74 bits per heavy atom. The monoisotopic (exact) mass is 275 g/mol. The van der Waals surface area contributed by atoms with E-state index in [0.29, 0.717) is 16.6 Å². The van der Waals surface area contributed by atoms with Crippen molar-refractivity contribution in [3.8, 4) is 6.07 Å². The Morgan fingerprint density at radius 2 is 2.16 bits per heavy atom. The van der Waals surface area contributed by atoms with E-state index < -0.39 is 0 Å². The van der Waals surface area contributed by atoms with Gasteiger partial charge in [-0.2, -0.15) is 5.26 Å². The molecule has 3 atom stereocenters. The van der Waals surface area contributed by atoms with Gasteiger partial charge in [0.1, 0.15) is 6.33 Å². The second-order valence-electron chi connectivity index (χ2n) is 6.32. The maximum atomic E-state index is 9.33. The number of nitriles is 1. The lowest BCUT2D eigenvalue weighted by Gasteiger charge is -2.39. The normalized spacial score (nSPS) is 27.8. The Morgan fingerprint density at radius 1 is 1.37 bits per heavy atom. The second-order valence-corrected chi connectivity index (χ2v) is 7.57. The third kappa shape index (κ3) is 3.70. The van der Waals surface area contributed by atoms with Gasteiger partial charge >= 0.3 is 0 Å². The summed E-state index contributed by atoms with van der Waals surface area (Å²) in [6.45, 7) is 6.91. The molecule has 1 aromatic rings. The van der Waals surface area contributed by atoms with E-state index in [4.69, 9.17) is 0 Å². The lowest BCUT2D eigenvalue weighted by Crippen LogP contribution is -2.33. The number of hydrogen-bond donors (Lipinski definition) is 0. The van der Waals surface area contributed by atoms with Gasteiger partial charge in [-0.3, -0.25) is 0 Å². The molecule has 1 fully saturated rings. The first-order valence-corrected chi connectivity index (χ1v) is 7.71. The zero-order valence-electron chi connectivity index (χ0n) is 11.8. The summed E-state index contributed by atoms with van der Waals surface area (Å²) in [5.41, 5.74) is 0.324. The molecule has 4 heteroatoms. The molecule has 0 aromatic carbocycles. The van der Waals surface area contributed by atoms with Gasteiger partial charge in [0.2, 0.25) is 0 Å². The van der Waals surface area contributed by atoms with Crippen LogP contribution in [0.1, 0.15) is 40.0 Å². The smallest absolute Gasteiger partial charge is 0.116 e. The lowest BCUT2D eigenvalue weighted by molar-refractivity contribution is 0.169. The lowest BCUT2D eigenvalue weighted by atomic mass is 9.70. The van der Waals surface area contributed by atoms with E-state index >= 15 is 0 Å². The highest BCUT2D eigenvalue weighted by molar-refractivity contribution is 7.99. The van der Waals surface area contributed by atoms with E-state index in [9.17, 15) is 5.26 Å². The van der Waals surface area contributed by atoms with Crippen LogP contribution in [-0.2, 0) is 0 Å². The minimum atomic E-state index is 0.151. The molecule has 1 heterocycles. The summed E-state index contributed by atoms with van der Waals surface area (Å²) in [5, 5.41) is 10.7. The minimum Gasteiger partial charge on any atom is -0.245 e. The van der Waals surface area contributed by atoms with E-state index in [1.54, 1.807) is 24.3 Å². The second kappa shape index (κ2) is 5.92. The summed E-state index contributed by atoms with van der Waals surface area (Å²) in [4.78, 5) is 8.21. The topological polar surface area (TPSA) is 49.6 Å². The third-order valence-corrected chi connectivity index (χ3v) is 5.32. The number of nitrogens with zero attached hydrogens (tertiary/aromatic N) is 3. The first kappa shape index (κ1) is 14.3. The van der Waals surface area contributed by atoms with Crippen LogP contribution in [0.15, 0.2) is 23.6 Å². The summed E-state index contributed by atoms with van der Waals surface area (Å²) in [5.74, 6) is 0.843. The standard InChI is InChI=1S/C15H21N3S/c1-15(2,3)12-5-4-11(9-16)13(8-12)19-14-6-7-17-10-18-14/h6-7,10-13H,4-5,8H2,1-3H3. The van der Waals surface area contributed by atoms with Crippen LogP contribution in [0.5, 0.6) is 0 Å². The van der Waals surface area contributed by atoms with E-state index in [1.807, 2.05) is 6.07 Å². The molecule has 2 rings (SSSR count). The van der Waals surface area contributed by atoms with Gasteiger partial charge in [-0.15, -0.1) is 11.8 Å². The van der Waals surface area contributed by atoms with Crippen LogP contribution < -0.4 is 0 Å². The quantitative estimate of drug-likeness (QED) is 0.767. The summed E-state index contributed by atoms with van der Waals surface area (Å²) < 4.78 is 0. The van der Waals surface area contributed by atoms with Crippen molar-refractivity contribution in [2.75, 3.05) is 0 Å². The van der Waals surface area contributed by atoms with Crippen LogP contribution in [0, 0.1) is 28.6 Å². The van der Waals surface area contributed by atoms with Crippen molar-refractivity contribution in [1.29, 1.82) is 5.26 Å². The zero-order chi connectivity index (χ0) is 13.9. The van der Waals surface area contributed by atoms with Gasteiger partial charge < -0.3 is 0 Å². The van der Waals surface area contributed by atoms with E-state index in [0.717, 1.165) is 17.9 Å². The summed E-state index contributed by atoms with van der Waals surface area (Å²) in [7, 11) is 0. The van der Waals surface area contributed by atoms with Crippen LogP contribution in [-0.4, -0.2) is 15.2 Å². The predicted molar refractivity (Wildman–Crippen MR) is 77.6 cm³/mol. The van der Waals surface area contributed by atoms with E-state index in [2.05, 4.69) is 36.8 Å². The Bertz CT molecular complexity index is 447. The molecule has 1 aliphatic rings. The molecule has 0 amide bonds. The SMILES string of the molecule is CC(C)(C)C1CCC(C#N)C(Sc2ccncn2)C1. The van der Waals surface area contributed by atoms with Crippen LogP contribution in [0.25, 0.3) is 0 Å². The van der Waals surface area contributed by atoms with Crippen molar-refractivity contribution in [1.82, 2.24) is 9.97 Å². The van der Waals surface area contributed by atoms with Crippen molar-refractivity contribution in [3.63, 3.8) is 0 Å². The van der Waals surface area contributed by atoms with E-state index in [-0.39, 0.29) is 5.92 Å². The molecule has 0 bridgehead atoms. The fourth-order valence-corrected chi connectivity index (χ4v) is 3.94. The highest BCUT2D eigenvalue weighted by Gasteiger charge is 2.36. The highest BCUT2D eigenvalue weighted by Crippen LogP contribution is 2.45. The molecule has 1 aliphatic carbocycles. The van der Waals surface area contributed by atoms with Gasteiger partial charge in [0.05, 0.1) is 17.0 Å². The van der Waals surface area contributed by atoms with Crippen molar-refractivity contribution in [3.05, 3.63) is 18.6 Å². The Kier molecular flexibility index (Phi) is 4.46. The Balaban J connectivity index is 2.09. The first-order valence-electron chi connectivity index (χ1n) is 6.83.